The molecule has 0 radical (unpaired) electrons. The molecule has 0 bridgehead atoms. The van der Waals surface area contributed by atoms with E-state index in [2.05, 4.69) is 5.38 Å². The van der Waals surface area contributed by atoms with Crippen LogP contribution in [0.4, 0.5) is 0 Å². The van der Waals surface area contributed by atoms with Crippen LogP contribution in [0.1, 0.15) is 19.4 Å². The minimum absolute atomic E-state index is 0.568. The summed E-state index contributed by atoms with van der Waals surface area (Å²) in [5.41, 5.74) is 0.652. The molecule has 2 heteroatoms. The normalized spacial score (nSPS) is 11.9. The highest BCUT2D eigenvalue weighted by Gasteiger charge is 2.12. The van der Waals surface area contributed by atoms with E-state index in [0.717, 1.165) is 6.42 Å². The minimum Gasteiger partial charge on any atom is -0.390 e. The second-order valence-corrected chi connectivity index (χ2v) is 3.90. The Morgan fingerprint density at radius 2 is 2.30 bits per heavy atom. The first-order chi connectivity index (χ1) is 4.58. The monoisotopic (exact) mass is 156 g/mol. The Bertz CT molecular complexity index is 184. The van der Waals surface area contributed by atoms with Gasteiger partial charge in [-0.05, 0) is 36.2 Å². The van der Waals surface area contributed by atoms with Crippen molar-refractivity contribution in [2.75, 3.05) is 0 Å². The minimum atomic E-state index is -0.568. The van der Waals surface area contributed by atoms with Crippen molar-refractivity contribution in [2.24, 2.45) is 0 Å². The fraction of sp³-hybridized carbons (Fsp3) is 0.500. The summed E-state index contributed by atoms with van der Waals surface area (Å²) >= 11 is 1.67. The summed E-state index contributed by atoms with van der Waals surface area (Å²) < 4.78 is 0. The van der Waals surface area contributed by atoms with E-state index < -0.39 is 5.60 Å². The molecule has 1 aromatic rings. The van der Waals surface area contributed by atoms with E-state index in [1.807, 2.05) is 25.3 Å². The van der Waals surface area contributed by atoms with Crippen molar-refractivity contribution in [3.63, 3.8) is 0 Å². The summed E-state index contributed by atoms with van der Waals surface area (Å²) in [4.78, 5) is 0. The van der Waals surface area contributed by atoms with E-state index in [0.29, 0.717) is 0 Å². The first kappa shape index (κ1) is 7.76. The molecule has 0 spiro atoms. The van der Waals surface area contributed by atoms with E-state index in [1.54, 1.807) is 11.3 Å². The molecular formula is C8H12OS. The highest BCUT2D eigenvalue weighted by atomic mass is 32.1. The van der Waals surface area contributed by atoms with Gasteiger partial charge in [0.05, 0.1) is 5.60 Å². The van der Waals surface area contributed by atoms with Gasteiger partial charge < -0.3 is 5.11 Å². The lowest BCUT2D eigenvalue weighted by molar-refractivity contribution is 0.0811. The fourth-order valence-corrected chi connectivity index (χ4v) is 1.56. The highest BCUT2D eigenvalue weighted by Crippen LogP contribution is 2.14. The quantitative estimate of drug-likeness (QED) is 0.695. The van der Waals surface area contributed by atoms with Gasteiger partial charge in [-0.3, -0.25) is 0 Å². The Kier molecular flexibility index (Phi) is 2.11. The second-order valence-electron chi connectivity index (χ2n) is 3.12. The predicted octanol–water partition coefficient (Wildman–Crippen LogP) is 2.06. The maximum absolute atomic E-state index is 9.39. The zero-order valence-electron chi connectivity index (χ0n) is 6.29. The van der Waals surface area contributed by atoms with Crippen LogP contribution < -0.4 is 0 Å². The van der Waals surface area contributed by atoms with Crippen LogP contribution in [0, 0.1) is 0 Å². The third-order valence-corrected chi connectivity index (χ3v) is 1.95. The molecule has 0 aromatic carbocycles. The zero-order valence-corrected chi connectivity index (χ0v) is 7.11. The van der Waals surface area contributed by atoms with Gasteiger partial charge >= 0.3 is 0 Å². The van der Waals surface area contributed by atoms with Gasteiger partial charge in [-0.1, -0.05) is 0 Å². The lowest BCUT2D eigenvalue weighted by Crippen LogP contribution is -2.21. The van der Waals surface area contributed by atoms with E-state index in [9.17, 15) is 5.11 Å². The van der Waals surface area contributed by atoms with Crippen LogP contribution in [0.25, 0.3) is 0 Å². The summed E-state index contributed by atoms with van der Waals surface area (Å²) in [5.74, 6) is 0. The first-order valence-corrected chi connectivity index (χ1v) is 4.26. The standard InChI is InChI=1S/C8H12OS/c1-8(2,9)5-7-3-4-10-6-7/h3-4,6,9H,5H2,1-2H3. The topological polar surface area (TPSA) is 20.2 Å². The summed E-state index contributed by atoms with van der Waals surface area (Å²) in [5, 5.41) is 13.5. The smallest absolute Gasteiger partial charge is 0.0632 e. The first-order valence-electron chi connectivity index (χ1n) is 3.31. The molecule has 0 unspecified atom stereocenters. The van der Waals surface area contributed by atoms with Gasteiger partial charge in [0.25, 0.3) is 0 Å². The van der Waals surface area contributed by atoms with Crippen molar-refractivity contribution in [2.45, 2.75) is 25.9 Å². The number of hydrogen-bond donors (Lipinski definition) is 1. The van der Waals surface area contributed by atoms with Crippen LogP contribution in [0.15, 0.2) is 16.8 Å². The van der Waals surface area contributed by atoms with Gasteiger partial charge in [0, 0.05) is 6.42 Å². The van der Waals surface area contributed by atoms with Crippen molar-refractivity contribution in [3.8, 4) is 0 Å². The van der Waals surface area contributed by atoms with Crippen LogP contribution in [-0.4, -0.2) is 10.7 Å². The molecule has 1 rings (SSSR count). The van der Waals surface area contributed by atoms with E-state index in [4.69, 9.17) is 0 Å². The molecule has 0 aliphatic heterocycles. The van der Waals surface area contributed by atoms with Crippen LogP contribution in [0.2, 0.25) is 0 Å². The summed E-state index contributed by atoms with van der Waals surface area (Å²) in [6, 6.07) is 2.04. The maximum Gasteiger partial charge on any atom is 0.0632 e. The van der Waals surface area contributed by atoms with Crippen molar-refractivity contribution >= 4 is 11.3 Å². The van der Waals surface area contributed by atoms with E-state index in [1.165, 1.54) is 5.56 Å². The molecular weight excluding hydrogens is 144 g/mol. The number of thiophene rings is 1. The van der Waals surface area contributed by atoms with Gasteiger partial charge in [-0.25, -0.2) is 0 Å². The molecule has 0 aliphatic rings. The molecule has 0 aliphatic carbocycles. The summed E-state index contributed by atoms with van der Waals surface area (Å²) in [6.45, 7) is 3.65. The van der Waals surface area contributed by atoms with E-state index >= 15 is 0 Å². The van der Waals surface area contributed by atoms with Crippen LogP contribution >= 0.6 is 11.3 Å². The highest BCUT2D eigenvalue weighted by molar-refractivity contribution is 7.07. The van der Waals surface area contributed by atoms with Crippen molar-refractivity contribution in [1.82, 2.24) is 0 Å². The van der Waals surface area contributed by atoms with Crippen molar-refractivity contribution in [1.29, 1.82) is 0 Å². The second kappa shape index (κ2) is 2.72. The SMILES string of the molecule is CC(C)(O)Cc1ccsc1. The molecule has 1 nitrogen and oxygen atoms in total. The number of hydrogen-bond acceptors (Lipinski definition) is 2. The Hall–Kier alpha value is -0.340. The number of aliphatic hydroxyl groups is 1. The van der Waals surface area contributed by atoms with Gasteiger partial charge in [0.1, 0.15) is 0 Å². The Morgan fingerprint density at radius 1 is 1.60 bits per heavy atom. The van der Waals surface area contributed by atoms with Crippen LogP contribution in [0.3, 0.4) is 0 Å². The molecule has 1 aromatic heterocycles. The number of rotatable bonds is 2. The van der Waals surface area contributed by atoms with Gasteiger partial charge in [-0.15, -0.1) is 0 Å². The zero-order chi connectivity index (χ0) is 7.61. The average molecular weight is 156 g/mol. The fourth-order valence-electron chi connectivity index (χ4n) is 0.893. The maximum atomic E-state index is 9.39. The van der Waals surface area contributed by atoms with Gasteiger partial charge in [0.2, 0.25) is 0 Å². The molecule has 0 saturated heterocycles. The lowest BCUT2D eigenvalue weighted by Gasteiger charge is -2.15. The predicted molar refractivity (Wildman–Crippen MR) is 44.3 cm³/mol. The van der Waals surface area contributed by atoms with Gasteiger partial charge in [0.15, 0.2) is 0 Å². The van der Waals surface area contributed by atoms with Crippen molar-refractivity contribution in [3.05, 3.63) is 22.4 Å². The average Bonchev–Trinajstić information content (AvgIpc) is 2.12. The molecule has 1 N–H and O–H groups in total. The lowest BCUT2D eigenvalue weighted by atomic mass is 10.0. The summed E-state index contributed by atoms with van der Waals surface area (Å²) in [7, 11) is 0. The van der Waals surface area contributed by atoms with Crippen LogP contribution in [0.5, 0.6) is 0 Å². The molecule has 10 heavy (non-hydrogen) atoms. The summed E-state index contributed by atoms with van der Waals surface area (Å²) in [6.07, 6.45) is 0.747. The molecule has 0 amide bonds. The molecule has 1 heterocycles. The molecule has 0 fully saturated rings. The van der Waals surface area contributed by atoms with Crippen LogP contribution in [-0.2, 0) is 6.42 Å². The molecule has 0 atom stereocenters. The van der Waals surface area contributed by atoms with Crippen molar-refractivity contribution < 1.29 is 5.11 Å². The Balaban J connectivity index is 2.57. The largest absolute Gasteiger partial charge is 0.390 e. The third-order valence-electron chi connectivity index (χ3n) is 1.22. The molecule has 0 saturated carbocycles. The molecule has 56 valence electrons. The Morgan fingerprint density at radius 3 is 2.70 bits per heavy atom. The van der Waals surface area contributed by atoms with E-state index in [-0.39, 0.29) is 0 Å². The Labute approximate surface area is 65.3 Å². The van der Waals surface area contributed by atoms with Gasteiger partial charge in [-0.2, -0.15) is 11.3 Å². The third kappa shape index (κ3) is 2.50.